The van der Waals surface area contributed by atoms with Crippen molar-refractivity contribution in [3.05, 3.63) is 21.6 Å². The first-order valence-electron chi connectivity index (χ1n) is 5.10. The molecule has 104 valence electrons. The summed E-state index contributed by atoms with van der Waals surface area (Å²) in [5.74, 6) is -0.0638. The third kappa shape index (κ3) is 4.54. The van der Waals surface area contributed by atoms with Gasteiger partial charge >= 0.3 is 11.8 Å². The van der Waals surface area contributed by atoms with Gasteiger partial charge in [-0.1, -0.05) is 0 Å². The summed E-state index contributed by atoms with van der Waals surface area (Å²) < 4.78 is 4.82. The lowest BCUT2D eigenvalue weighted by molar-refractivity contribution is -0.384. The maximum atomic E-state index is 10.8. The molecule has 19 heavy (non-hydrogen) atoms. The Kier molecular flexibility index (Phi) is 4.43. The van der Waals surface area contributed by atoms with E-state index in [1.54, 1.807) is 13.8 Å². The zero-order valence-corrected chi connectivity index (χ0v) is 11.0. The van der Waals surface area contributed by atoms with E-state index >= 15 is 0 Å². The van der Waals surface area contributed by atoms with Crippen LogP contribution in [0.2, 0.25) is 5.28 Å². The summed E-state index contributed by atoms with van der Waals surface area (Å²) in [4.78, 5) is 28.0. The molecule has 10 heteroatoms. The summed E-state index contributed by atoms with van der Waals surface area (Å²) in [7, 11) is 0. The van der Waals surface area contributed by atoms with Gasteiger partial charge in [0.1, 0.15) is 11.8 Å². The van der Waals surface area contributed by atoms with Gasteiger partial charge in [0.15, 0.2) is 0 Å². The number of carbonyl (C=O) groups is 1. The minimum Gasteiger partial charge on any atom is -0.442 e. The van der Waals surface area contributed by atoms with Gasteiger partial charge < -0.3 is 15.8 Å². The van der Waals surface area contributed by atoms with E-state index in [0.717, 1.165) is 6.20 Å². The summed E-state index contributed by atoms with van der Waals surface area (Å²) in [6, 6.07) is 0. The molecule has 1 amide bonds. The minimum atomic E-state index is -0.961. The number of nitrogens with two attached hydrogens (primary N) is 1. The molecule has 0 radical (unpaired) electrons. The lowest BCUT2D eigenvalue weighted by atomic mass is 10.1. The van der Waals surface area contributed by atoms with Gasteiger partial charge in [-0.3, -0.25) is 10.1 Å². The number of carbonyl (C=O) groups excluding carboxylic acids is 1. The quantitative estimate of drug-likeness (QED) is 0.474. The van der Waals surface area contributed by atoms with Crippen molar-refractivity contribution < 1.29 is 14.5 Å². The molecule has 1 aromatic rings. The van der Waals surface area contributed by atoms with Crippen LogP contribution >= 0.6 is 11.6 Å². The number of nitro groups is 1. The van der Waals surface area contributed by atoms with Crippen LogP contribution in [0.25, 0.3) is 0 Å². The molecule has 0 aromatic carbocycles. The largest absolute Gasteiger partial charge is 0.442 e. The topological polar surface area (TPSA) is 133 Å². The van der Waals surface area contributed by atoms with Crippen LogP contribution in [0.1, 0.15) is 13.8 Å². The fourth-order valence-electron chi connectivity index (χ4n) is 1.22. The van der Waals surface area contributed by atoms with E-state index in [1.165, 1.54) is 0 Å². The van der Waals surface area contributed by atoms with E-state index in [9.17, 15) is 14.9 Å². The van der Waals surface area contributed by atoms with E-state index in [-0.39, 0.29) is 23.3 Å². The first-order chi connectivity index (χ1) is 8.71. The Labute approximate surface area is 113 Å². The molecule has 0 aliphatic heterocycles. The van der Waals surface area contributed by atoms with Crippen molar-refractivity contribution in [2.24, 2.45) is 5.73 Å². The van der Waals surface area contributed by atoms with Gasteiger partial charge in [0, 0.05) is 0 Å². The van der Waals surface area contributed by atoms with Gasteiger partial charge in [0.05, 0.1) is 11.5 Å². The third-order valence-corrected chi connectivity index (χ3v) is 2.18. The molecule has 0 saturated heterocycles. The van der Waals surface area contributed by atoms with Gasteiger partial charge in [0.2, 0.25) is 11.1 Å². The number of halogens is 1. The summed E-state index contributed by atoms with van der Waals surface area (Å²) in [6.45, 7) is 3.23. The van der Waals surface area contributed by atoms with Gasteiger partial charge in [-0.15, -0.1) is 0 Å². The molecule has 1 aromatic heterocycles. The second kappa shape index (κ2) is 5.65. The maximum Gasteiger partial charge on any atom is 0.405 e. The lowest BCUT2D eigenvalue weighted by Gasteiger charge is -2.24. The Morgan fingerprint density at radius 1 is 1.68 bits per heavy atom. The van der Waals surface area contributed by atoms with Gasteiger partial charge in [-0.25, -0.2) is 9.78 Å². The molecule has 0 spiro atoms. The van der Waals surface area contributed by atoms with E-state index in [1.807, 2.05) is 0 Å². The second-order valence-corrected chi connectivity index (χ2v) is 4.50. The number of aromatic nitrogens is 2. The third-order valence-electron chi connectivity index (χ3n) is 2.00. The van der Waals surface area contributed by atoms with E-state index < -0.39 is 16.6 Å². The Morgan fingerprint density at radius 3 is 2.84 bits per heavy atom. The predicted molar refractivity (Wildman–Crippen MR) is 66.9 cm³/mol. The van der Waals surface area contributed by atoms with Crippen molar-refractivity contribution in [2.45, 2.75) is 19.4 Å². The smallest absolute Gasteiger partial charge is 0.405 e. The van der Waals surface area contributed by atoms with E-state index in [4.69, 9.17) is 22.1 Å². The highest BCUT2D eigenvalue weighted by molar-refractivity contribution is 6.28. The number of ether oxygens (including phenoxy) is 1. The highest BCUT2D eigenvalue weighted by atomic mass is 35.5. The number of primary amides is 1. The fourth-order valence-corrected chi connectivity index (χ4v) is 1.36. The molecule has 0 saturated carbocycles. The first kappa shape index (κ1) is 14.9. The van der Waals surface area contributed by atoms with Crippen LogP contribution < -0.4 is 11.1 Å². The minimum absolute atomic E-state index is 0.0596. The van der Waals surface area contributed by atoms with Crippen molar-refractivity contribution in [3.8, 4) is 0 Å². The Balaban J connectivity index is 2.85. The van der Waals surface area contributed by atoms with Crippen molar-refractivity contribution in [1.29, 1.82) is 0 Å². The van der Waals surface area contributed by atoms with Crippen LogP contribution in [-0.4, -0.2) is 33.1 Å². The summed E-state index contributed by atoms with van der Waals surface area (Å²) in [5.41, 5.74) is 3.61. The molecule has 0 fully saturated rings. The molecule has 0 aliphatic rings. The number of anilines is 1. The van der Waals surface area contributed by atoms with E-state index in [2.05, 4.69) is 15.3 Å². The molecular weight excluding hydrogens is 278 g/mol. The highest BCUT2D eigenvalue weighted by Crippen LogP contribution is 2.23. The van der Waals surface area contributed by atoms with Crippen LogP contribution in [0.3, 0.4) is 0 Å². The second-order valence-electron chi connectivity index (χ2n) is 4.16. The van der Waals surface area contributed by atoms with Gasteiger partial charge in [-0.05, 0) is 25.4 Å². The number of amides is 1. The molecule has 3 N–H and O–H groups in total. The SMILES string of the molecule is CC(C)(CNc1nc(Cl)ncc1[N+](=O)[O-])OC(N)=O. The zero-order valence-electron chi connectivity index (χ0n) is 10.2. The number of hydrogen-bond acceptors (Lipinski definition) is 7. The normalized spacial score (nSPS) is 10.9. The monoisotopic (exact) mass is 289 g/mol. The number of hydrogen-bond donors (Lipinski definition) is 2. The molecule has 1 rings (SSSR count). The molecule has 0 atom stereocenters. The zero-order chi connectivity index (χ0) is 14.6. The van der Waals surface area contributed by atoms with Crippen LogP contribution in [0, 0.1) is 10.1 Å². The Hall–Kier alpha value is -2.16. The molecular formula is C9H12ClN5O4. The van der Waals surface area contributed by atoms with Gasteiger partial charge in [-0.2, -0.15) is 4.98 Å². The number of rotatable bonds is 5. The number of nitrogens with zero attached hydrogens (tertiary/aromatic N) is 3. The number of nitrogens with one attached hydrogen (secondary N) is 1. The Bertz CT molecular complexity index is 507. The molecule has 9 nitrogen and oxygen atoms in total. The summed E-state index contributed by atoms with van der Waals surface area (Å²) in [5, 5.41) is 13.3. The van der Waals surface area contributed by atoms with Crippen molar-refractivity contribution in [2.75, 3.05) is 11.9 Å². The molecule has 0 unspecified atom stereocenters. The van der Waals surface area contributed by atoms with Crippen molar-refractivity contribution in [3.63, 3.8) is 0 Å². The van der Waals surface area contributed by atoms with Gasteiger partial charge in [0.25, 0.3) is 0 Å². The van der Waals surface area contributed by atoms with Crippen LogP contribution in [0.15, 0.2) is 6.20 Å². The molecule has 1 heterocycles. The maximum absolute atomic E-state index is 10.8. The predicted octanol–water partition coefficient (Wildman–Crippen LogP) is 1.32. The average molecular weight is 290 g/mol. The van der Waals surface area contributed by atoms with Crippen LogP contribution in [0.5, 0.6) is 0 Å². The van der Waals surface area contributed by atoms with Crippen molar-refractivity contribution in [1.82, 2.24) is 9.97 Å². The fraction of sp³-hybridized carbons (Fsp3) is 0.444. The standard InChI is InChI=1S/C9H12ClN5O4/c1-9(2,19-8(11)16)4-13-6-5(15(17)18)3-12-7(10)14-6/h3H,4H2,1-2H3,(H2,11,16)(H,12,13,14). The van der Waals surface area contributed by atoms with Crippen molar-refractivity contribution >= 4 is 29.2 Å². The summed E-state index contributed by atoms with van der Waals surface area (Å²) in [6.07, 6.45) is 0.0431. The molecule has 0 bridgehead atoms. The van der Waals surface area contributed by atoms with E-state index in [0.29, 0.717) is 0 Å². The summed E-state index contributed by atoms with van der Waals surface area (Å²) >= 11 is 5.57. The average Bonchev–Trinajstić information content (AvgIpc) is 2.24. The first-order valence-corrected chi connectivity index (χ1v) is 5.48. The highest BCUT2D eigenvalue weighted by Gasteiger charge is 2.24. The molecule has 0 aliphatic carbocycles. The van der Waals surface area contributed by atoms with Crippen LogP contribution in [0.4, 0.5) is 16.3 Å². The Morgan fingerprint density at radius 2 is 2.32 bits per heavy atom. The lowest BCUT2D eigenvalue weighted by Crippen LogP contribution is -2.37. The van der Waals surface area contributed by atoms with Crippen LogP contribution in [-0.2, 0) is 4.74 Å².